The molecule has 0 aliphatic carbocycles. The van der Waals surface area contributed by atoms with E-state index < -0.39 is 0 Å². The van der Waals surface area contributed by atoms with Crippen molar-refractivity contribution in [2.75, 3.05) is 7.11 Å². The van der Waals surface area contributed by atoms with E-state index in [9.17, 15) is 0 Å². The van der Waals surface area contributed by atoms with Crippen LogP contribution in [0.15, 0.2) is 54.6 Å². The van der Waals surface area contributed by atoms with Gasteiger partial charge < -0.3 is 4.74 Å². The molecule has 3 rings (SSSR count). The average Bonchev–Trinajstić information content (AvgIpc) is 2.49. The first-order valence-corrected chi connectivity index (χ1v) is 6.84. The Balaban J connectivity index is 2.33. The highest BCUT2D eigenvalue weighted by molar-refractivity contribution is 5.99. The van der Waals surface area contributed by atoms with E-state index in [0.717, 1.165) is 5.75 Å². The van der Waals surface area contributed by atoms with Crippen molar-refractivity contribution >= 4 is 10.8 Å². The molecule has 0 amide bonds. The first-order valence-electron chi connectivity index (χ1n) is 6.84. The quantitative estimate of drug-likeness (QED) is 0.622. The maximum Gasteiger partial charge on any atom is 0.119 e. The predicted octanol–water partition coefficient (Wildman–Crippen LogP) is 5.13. The minimum Gasteiger partial charge on any atom is -0.497 e. The summed E-state index contributed by atoms with van der Waals surface area (Å²) >= 11 is 0. The molecule has 3 aromatic carbocycles. The third-order valence-electron chi connectivity index (χ3n) is 3.88. The Bertz CT molecular complexity index is 772. The molecular formula is C19H18O. The third kappa shape index (κ3) is 2.05. The minimum absolute atomic E-state index is 0.898. The first-order chi connectivity index (χ1) is 9.70. The predicted molar refractivity (Wildman–Crippen MR) is 85.4 cm³/mol. The van der Waals surface area contributed by atoms with E-state index in [1.165, 1.54) is 33.0 Å². The maximum absolute atomic E-state index is 5.37. The highest BCUT2D eigenvalue weighted by Crippen LogP contribution is 2.34. The Kier molecular flexibility index (Phi) is 3.19. The number of aryl methyl sites for hydroxylation is 2. The molecule has 0 bridgehead atoms. The molecule has 0 N–H and O–H groups in total. The fourth-order valence-electron chi connectivity index (χ4n) is 2.70. The molecule has 0 saturated carbocycles. The van der Waals surface area contributed by atoms with Gasteiger partial charge in [-0.05, 0) is 59.0 Å². The molecule has 0 aromatic heterocycles. The molecular weight excluding hydrogens is 244 g/mol. The van der Waals surface area contributed by atoms with Crippen LogP contribution in [0.3, 0.4) is 0 Å². The van der Waals surface area contributed by atoms with Crippen molar-refractivity contribution in [3.05, 3.63) is 65.7 Å². The van der Waals surface area contributed by atoms with Gasteiger partial charge in [-0.2, -0.15) is 0 Å². The van der Waals surface area contributed by atoms with E-state index >= 15 is 0 Å². The molecule has 3 aromatic rings. The third-order valence-corrected chi connectivity index (χ3v) is 3.88. The van der Waals surface area contributed by atoms with Gasteiger partial charge >= 0.3 is 0 Å². The van der Waals surface area contributed by atoms with Crippen molar-refractivity contribution in [3.63, 3.8) is 0 Å². The maximum atomic E-state index is 5.37. The fraction of sp³-hybridized carbons (Fsp3) is 0.158. The lowest BCUT2D eigenvalue weighted by molar-refractivity contribution is 0.415. The molecule has 0 atom stereocenters. The Labute approximate surface area is 119 Å². The second kappa shape index (κ2) is 5.01. The summed E-state index contributed by atoms with van der Waals surface area (Å²) in [7, 11) is 1.71. The monoisotopic (exact) mass is 262 g/mol. The number of hydrogen-bond acceptors (Lipinski definition) is 1. The lowest BCUT2D eigenvalue weighted by Crippen LogP contribution is -1.89. The largest absolute Gasteiger partial charge is 0.497 e. The van der Waals surface area contributed by atoms with Gasteiger partial charge in [0.1, 0.15) is 5.75 Å². The van der Waals surface area contributed by atoms with Gasteiger partial charge in [0.25, 0.3) is 0 Å². The average molecular weight is 262 g/mol. The second-order valence-corrected chi connectivity index (χ2v) is 5.16. The van der Waals surface area contributed by atoms with Crippen LogP contribution in [0.5, 0.6) is 5.75 Å². The number of rotatable bonds is 2. The SMILES string of the molecule is COc1ccc(C)c(-c2ccc(C)c3ccccc23)c1. The zero-order valence-electron chi connectivity index (χ0n) is 12.1. The van der Waals surface area contributed by atoms with Crippen LogP contribution in [0.1, 0.15) is 11.1 Å². The van der Waals surface area contributed by atoms with E-state index in [-0.39, 0.29) is 0 Å². The molecule has 0 spiro atoms. The fourth-order valence-corrected chi connectivity index (χ4v) is 2.70. The number of benzene rings is 3. The van der Waals surface area contributed by atoms with Crippen LogP contribution < -0.4 is 4.74 Å². The van der Waals surface area contributed by atoms with Crippen LogP contribution in [0, 0.1) is 13.8 Å². The van der Waals surface area contributed by atoms with Crippen molar-refractivity contribution in [1.29, 1.82) is 0 Å². The molecule has 0 fully saturated rings. The van der Waals surface area contributed by atoms with Gasteiger partial charge in [-0.25, -0.2) is 0 Å². The molecule has 100 valence electrons. The molecule has 0 heterocycles. The summed E-state index contributed by atoms with van der Waals surface area (Å²) in [6.45, 7) is 4.30. The van der Waals surface area contributed by atoms with Crippen LogP contribution in [-0.2, 0) is 0 Å². The van der Waals surface area contributed by atoms with E-state index in [4.69, 9.17) is 4.74 Å². The summed E-state index contributed by atoms with van der Waals surface area (Å²) in [5.74, 6) is 0.898. The summed E-state index contributed by atoms with van der Waals surface area (Å²) in [4.78, 5) is 0. The summed E-state index contributed by atoms with van der Waals surface area (Å²) < 4.78 is 5.37. The van der Waals surface area contributed by atoms with Gasteiger partial charge in [0, 0.05) is 0 Å². The van der Waals surface area contributed by atoms with Crippen molar-refractivity contribution in [3.8, 4) is 16.9 Å². The Morgan fingerprint density at radius 1 is 0.700 bits per heavy atom. The normalized spacial score (nSPS) is 10.8. The van der Waals surface area contributed by atoms with E-state index in [2.05, 4.69) is 62.4 Å². The van der Waals surface area contributed by atoms with E-state index in [1.807, 2.05) is 6.07 Å². The Morgan fingerprint density at radius 2 is 1.40 bits per heavy atom. The zero-order chi connectivity index (χ0) is 14.1. The van der Waals surface area contributed by atoms with Gasteiger partial charge in [0.2, 0.25) is 0 Å². The second-order valence-electron chi connectivity index (χ2n) is 5.16. The highest BCUT2D eigenvalue weighted by Gasteiger charge is 2.09. The van der Waals surface area contributed by atoms with Crippen molar-refractivity contribution in [1.82, 2.24) is 0 Å². The van der Waals surface area contributed by atoms with Crippen LogP contribution >= 0.6 is 0 Å². The zero-order valence-corrected chi connectivity index (χ0v) is 12.1. The lowest BCUT2D eigenvalue weighted by atomic mass is 9.93. The molecule has 20 heavy (non-hydrogen) atoms. The van der Waals surface area contributed by atoms with Crippen LogP contribution in [0.2, 0.25) is 0 Å². The highest BCUT2D eigenvalue weighted by atomic mass is 16.5. The first kappa shape index (κ1) is 12.7. The van der Waals surface area contributed by atoms with E-state index in [0.29, 0.717) is 0 Å². The van der Waals surface area contributed by atoms with Gasteiger partial charge in [-0.3, -0.25) is 0 Å². The van der Waals surface area contributed by atoms with Crippen LogP contribution in [0.4, 0.5) is 0 Å². The number of ether oxygens (including phenoxy) is 1. The molecule has 0 unspecified atom stereocenters. The van der Waals surface area contributed by atoms with Crippen molar-refractivity contribution in [2.24, 2.45) is 0 Å². The smallest absolute Gasteiger partial charge is 0.119 e. The van der Waals surface area contributed by atoms with Gasteiger partial charge in [-0.1, -0.05) is 42.5 Å². The van der Waals surface area contributed by atoms with Crippen molar-refractivity contribution < 1.29 is 4.74 Å². The number of hydrogen-bond donors (Lipinski definition) is 0. The standard InChI is InChI=1S/C19H18O/c1-13-9-11-18(17-7-5-4-6-16(13)17)19-12-15(20-3)10-8-14(19)2/h4-12H,1-3H3. The number of fused-ring (bicyclic) bond motifs is 1. The van der Waals surface area contributed by atoms with Crippen molar-refractivity contribution in [2.45, 2.75) is 13.8 Å². The van der Waals surface area contributed by atoms with Crippen LogP contribution in [-0.4, -0.2) is 7.11 Å². The summed E-state index contributed by atoms with van der Waals surface area (Å²) in [6.07, 6.45) is 0. The van der Waals surface area contributed by atoms with Gasteiger partial charge in [0.05, 0.1) is 7.11 Å². The molecule has 0 saturated heterocycles. The van der Waals surface area contributed by atoms with Crippen LogP contribution in [0.25, 0.3) is 21.9 Å². The summed E-state index contributed by atoms with van der Waals surface area (Å²) in [6, 6.07) is 19.2. The molecule has 1 nitrogen and oxygen atoms in total. The Morgan fingerprint density at radius 3 is 2.15 bits per heavy atom. The van der Waals surface area contributed by atoms with Gasteiger partial charge in [-0.15, -0.1) is 0 Å². The van der Waals surface area contributed by atoms with Gasteiger partial charge in [0.15, 0.2) is 0 Å². The Hall–Kier alpha value is -2.28. The lowest BCUT2D eigenvalue weighted by Gasteiger charge is -2.13. The summed E-state index contributed by atoms with van der Waals surface area (Å²) in [5, 5.41) is 2.61. The topological polar surface area (TPSA) is 9.23 Å². The molecule has 0 radical (unpaired) electrons. The molecule has 1 heteroatoms. The molecule has 0 aliphatic heterocycles. The minimum atomic E-state index is 0.898. The summed E-state index contributed by atoms with van der Waals surface area (Å²) in [5.41, 5.74) is 5.08. The van der Waals surface area contributed by atoms with E-state index in [1.54, 1.807) is 7.11 Å². The number of methoxy groups -OCH3 is 1. The molecule has 0 aliphatic rings.